The topological polar surface area (TPSA) is 29.5 Å². The average Bonchev–Trinajstić information content (AvgIpc) is 2.14. The van der Waals surface area contributed by atoms with Crippen molar-refractivity contribution in [3.05, 3.63) is 0 Å². The van der Waals surface area contributed by atoms with Crippen LogP contribution in [0, 0.1) is 12.3 Å². The summed E-state index contributed by atoms with van der Waals surface area (Å²) in [6.07, 6.45) is 7.77. The fraction of sp³-hybridized carbons (Fsp3) is 0.846. The van der Waals surface area contributed by atoms with Crippen LogP contribution in [0.4, 0.5) is 0 Å². The number of hydrogen-bond donors (Lipinski definition) is 1. The van der Waals surface area contributed by atoms with Crippen LogP contribution in [0.2, 0.25) is 25.7 Å². The molecule has 0 radical (unpaired) electrons. The van der Waals surface area contributed by atoms with E-state index >= 15 is 0 Å². The van der Waals surface area contributed by atoms with Gasteiger partial charge >= 0.3 is 0 Å². The molecular formula is C13H26O2Si. The summed E-state index contributed by atoms with van der Waals surface area (Å²) in [5.74, 6) is 2.37. The maximum atomic E-state index is 9.55. The normalized spacial score (nSPS) is 15.5. The van der Waals surface area contributed by atoms with Gasteiger partial charge in [-0.25, -0.2) is 0 Å². The smallest absolute Gasteiger partial charge is 0.122 e. The van der Waals surface area contributed by atoms with Gasteiger partial charge in [-0.15, -0.1) is 6.42 Å². The van der Waals surface area contributed by atoms with E-state index < -0.39 is 13.7 Å². The SMILES string of the molecule is C#CC(C)(O)CCCOCCC[Si](C)(C)C. The lowest BCUT2D eigenvalue weighted by Gasteiger charge is -2.16. The second-order valence-electron chi connectivity index (χ2n) is 5.80. The van der Waals surface area contributed by atoms with Gasteiger partial charge in [0.2, 0.25) is 0 Å². The predicted octanol–water partition coefficient (Wildman–Crippen LogP) is 2.90. The van der Waals surface area contributed by atoms with Gasteiger partial charge in [-0.1, -0.05) is 31.6 Å². The van der Waals surface area contributed by atoms with Gasteiger partial charge in [0, 0.05) is 21.3 Å². The number of aliphatic hydroxyl groups is 1. The van der Waals surface area contributed by atoms with Crippen molar-refractivity contribution < 1.29 is 9.84 Å². The zero-order valence-corrected chi connectivity index (χ0v) is 12.2. The minimum atomic E-state index is -0.971. The van der Waals surface area contributed by atoms with Crippen LogP contribution < -0.4 is 0 Å². The Morgan fingerprint density at radius 1 is 1.25 bits per heavy atom. The maximum Gasteiger partial charge on any atom is 0.122 e. The third kappa shape index (κ3) is 10.2. The molecule has 0 saturated heterocycles. The van der Waals surface area contributed by atoms with Crippen LogP contribution in [0.15, 0.2) is 0 Å². The molecule has 1 N–H and O–H groups in total. The molecule has 0 fully saturated rings. The van der Waals surface area contributed by atoms with Crippen molar-refractivity contribution in [3.63, 3.8) is 0 Å². The highest BCUT2D eigenvalue weighted by atomic mass is 28.3. The first kappa shape index (κ1) is 15.7. The molecule has 0 rings (SSSR count). The van der Waals surface area contributed by atoms with Crippen LogP contribution in [0.3, 0.4) is 0 Å². The van der Waals surface area contributed by atoms with Gasteiger partial charge in [-0.3, -0.25) is 0 Å². The Kier molecular flexibility index (Phi) is 6.97. The number of ether oxygens (including phenoxy) is 1. The lowest BCUT2D eigenvalue weighted by Crippen LogP contribution is -2.22. The van der Waals surface area contributed by atoms with E-state index in [4.69, 9.17) is 11.2 Å². The fourth-order valence-electron chi connectivity index (χ4n) is 1.40. The Labute approximate surface area is 101 Å². The molecule has 0 aliphatic heterocycles. The molecule has 3 heteroatoms. The summed E-state index contributed by atoms with van der Waals surface area (Å²) in [6.45, 7) is 10.3. The van der Waals surface area contributed by atoms with Gasteiger partial charge in [0.15, 0.2) is 0 Å². The molecule has 0 spiro atoms. The summed E-state index contributed by atoms with van der Waals surface area (Å²) in [7, 11) is -0.908. The quantitative estimate of drug-likeness (QED) is 0.403. The maximum absolute atomic E-state index is 9.55. The van der Waals surface area contributed by atoms with Crippen LogP contribution >= 0.6 is 0 Å². The molecule has 0 aliphatic carbocycles. The third-order valence-corrected chi connectivity index (χ3v) is 4.33. The minimum absolute atomic E-state index is 0.609. The summed E-state index contributed by atoms with van der Waals surface area (Å²) < 4.78 is 5.51. The van der Waals surface area contributed by atoms with E-state index in [1.54, 1.807) is 6.92 Å². The lowest BCUT2D eigenvalue weighted by molar-refractivity contribution is 0.0815. The van der Waals surface area contributed by atoms with Crippen LogP contribution in [0.5, 0.6) is 0 Å². The summed E-state index contributed by atoms with van der Waals surface area (Å²) in [6, 6.07) is 1.31. The monoisotopic (exact) mass is 242 g/mol. The van der Waals surface area contributed by atoms with E-state index in [1.807, 2.05) is 0 Å². The zero-order chi connectivity index (χ0) is 12.7. The van der Waals surface area contributed by atoms with Crippen molar-refractivity contribution in [2.45, 2.75) is 57.5 Å². The Hall–Kier alpha value is -0.303. The highest BCUT2D eigenvalue weighted by molar-refractivity contribution is 6.76. The second-order valence-corrected chi connectivity index (χ2v) is 11.4. The zero-order valence-electron chi connectivity index (χ0n) is 11.2. The molecule has 0 aromatic rings. The fourth-order valence-corrected chi connectivity index (χ4v) is 2.60. The summed E-state index contributed by atoms with van der Waals surface area (Å²) >= 11 is 0. The lowest BCUT2D eigenvalue weighted by atomic mass is 10.0. The number of rotatable bonds is 8. The van der Waals surface area contributed by atoms with Crippen molar-refractivity contribution in [1.29, 1.82) is 0 Å². The van der Waals surface area contributed by atoms with Crippen molar-refractivity contribution in [3.8, 4) is 12.3 Å². The van der Waals surface area contributed by atoms with Crippen molar-refractivity contribution in [2.24, 2.45) is 0 Å². The van der Waals surface area contributed by atoms with E-state index in [0.29, 0.717) is 13.0 Å². The molecule has 0 aromatic heterocycles. The van der Waals surface area contributed by atoms with E-state index in [0.717, 1.165) is 19.4 Å². The van der Waals surface area contributed by atoms with Crippen LogP contribution in [0.1, 0.15) is 26.2 Å². The molecule has 0 bridgehead atoms. The summed E-state index contributed by atoms with van der Waals surface area (Å²) in [4.78, 5) is 0. The van der Waals surface area contributed by atoms with Crippen LogP contribution in [-0.2, 0) is 4.74 Å². The van der Waals surface area contributed by atoms with E-state index in [-0.39, 0.29) is 0 Å². The molecule has 2 nitrogen and oxygen atoms in total. The summed E-state index contributed by atoms with van der Waals surface area (Å²) in [5.41, 5.74) is -0.971. The summed E-state index contributed by atoms with van der Waals surface area (Å²) in [5, 5.41) is 9.55. The number of terminal acetylenes is 1. The Bertz CT molecular complexity index is 223. The number of hydrogen-bond acceptors (Lipinski definition) is 2. The Balaban J connectivity index is 3.33. The van der Waals surface area contributed by atoms with Gasteiger partial charge < -0.3 is 9.84 Å². The van der Waals surface area contributed by atoms with Gasteiger partial charge in [-0.05, 0) is 26.2 Å². The molecule has 0 heterocycles. The first-order chi connectivity index (χ1) is 7.27. The first-order valence-electron chi connectivity index (χ1n) is 6.05. The molecule has 0 aromatic carbocycles. The largest absolute Gasteiger partial charge is 0.381 e. The Morgan fingerprint density at radius 2 is 1.81 bits per heavy atom. The van der Waals surface area contributed by atoms with Gasteiger partial charge in [-0.2, -0.15) is 0 Å². The molecule has 0 amide bonds. The average molecular weight is 242 g/mol. The van der Waals surface area contributed by atoms with Gasteiger partial charge in [0.05, 0.1) is 0 Å². The van der Waals surface area contributed by atoms with E-state index in [9.17, 15) is 5.11 Å². The molecule has 16 heavy (non-hydrogen) atoms. The Morgan fingerprint density at radius 3 is 2.31 bits per heavy atom. The molecule has 94 valence electrons. The van der Waals surface area contributed by atoms with Crippen molar-refractivity contribution >= 4 is 8.07 Å². The first-order valence-corrected chi connectivity index (χ1v) is 9.75. The van der Waals surface area contributed by atoms with E-state index in [2.05, 4.69) is 25.6 Å². The van der Waals surface area contributed by atoms with E-state index in [1.165, 1.54) is 6.04 Å². The molecule has 1 atom stereocenters. The highest BCUT2D eigenvalue weighted by Gasteiger charge is 2.15. The standard InChI is InChI=1S/C13H26O2Si/c1-6-13(2,14)9-7-10-15-11-8-12-16(3,4)5/h1,14H,7-12H2,2-5H3. The second kappa shape index (κ2) is 7.11. The van der Waals surface area contributed by atoms with Gasteiger partial charge in [0.1, 0.15) is 5.60 Å². The van der Waals surface area contributed by atoms with Crippen molar-refractivity contribution in [1.82, 2.24) is 0 Å². The van der Waals surface area contributed by atoms with Crippen LogP contribution in [-0.4, -0.2) is 32.0 Å². The molecule has 0 saturated carbocycles. The highest BCUT2D eigenvalue weighted by Crippen LogP contribution is 2.12. The molecule has 1 unspecified atom stereocenters. The molecule has 0 aliphatic rings. The van der Waals surface area contributed by atoms with Crippen LogP contribution in [0.25, 0.3) is 0 Å². The third-order valence-electron chi connectivity index (χ3n) is 2.48. The molecular weight excluding hydrogens is 216 g/mol. The minimum Gasteiger partial charge on any atom is -0.381 e. The predicted molar refractivity (Wildman–Crippen MR) is 72.3 cm³/mol. The van der Waals surface area contributed by atoms with Gasteiger partial charge in [0.25, 0.3) is 0 Å². The van der Waals surface area contributed by atoms with Crippen molar-refractivity contribution in [2.75, 3.05) is 13.2 Å².